The first-order valence-electron chi connectivity index (χ1n) is 7.54. The maximum atomic E-state index is 12.6. The molecule has 1 atom stereocenters. The number of sulfone groups is 1. The summed E-state index contributed by atoms with van der Waals surface area (Å²) in [5.74, 6) is -1.64. The lowest BCUT2D eigenvalue weighted by Gasteiger charge is -2.17. The monoisotopic (exact) mass is 374 g/mol. The largest absolute Gasteiger partial charge is 0.277 e. The number of hydrazine groups is 1. The molecule has 1 saturated heterocycles. The van der Waals surface area contributed by atoms with Gasteiger partial charge in [0, 0.05) is 0 Å². The highest BCUT2D eigenvalue weighted by atomic mass is 32.2. The van der Waals surface area contributed by atoms with Crippen molar-refractivity contribution in [1.29, 1.82) is 0 Å². The molecule has 1 amide bonds. The zero-order chi connectivity index (χ0) is 18.3. The second-order valence-corrected chi connectivity index (χ2v) is 10.1. The summed E-state index contributed by atoms with van der Waals surface area (Å²) in [4.78, 5) is 14.2. The number of hydrogen-bond donors (Lipinski definition) is 2. The van der Waals surface area contributed by atoms with Crippen molar-refractivity contribution in [2.75, 3.05) is 11.5 Å². The third kappa shape index (κ3) is 3.79. The van der Waals surface area contributed by atoms with Crippen LogP contribution in [0.5, 0.6) is 0 Å². The quantitative estimate of drug-likeness (QED) is 0.753. The summed E-state index contributed by atoms with van der Waals surface area (Å²) in [5.41, 5.74) is 5.06. The lowest BCUT2D eigenvalue weighted by Crippen LogP contribution is -2.45. The third-order valence-electron chi connectivity index (χ3n) is 4.48. The van der Waals surface area contributed by atoms with E-state index in [0.717, 1.165) is 11.1 Å². The van der Waals surface area contributed by atoms with Crippen LogP contribution >= 0.6 is 0 Å². The van der Waals surface area contributed by atoms with E-state index < -0.39 is 31.7 Å². The number of nitrogens with one attached hydrogen (secondary N) is 2. The molecule has 0 radical (unpaired) electrons. The third-order valence-corrected chi connectivity index (χ3v) is 7.77. The minimum Gasteiger partial charge on any atom is -0.277 e. The van der Waals surface area contributed by atoms with Gasteiger partial charge < -0.3 is 0 Å². The van der Waals surface area contributed by atoms with Gasteiger partial charge in [-0.1, -0.05) is 6.07 Å². The Morgan fingerprint density at radius 2 is 1.67 bits per heavy atom. The van der Waals surface area contributed by atoms with E-state index in [9.17, 15) is 21.6 Å². The van der Waals surface area contributed by atoms with E-state index in [-0.39, 0.29) is 22.8 Å². The molecule has 24 heavy (non-hydrogen) atoms. The van der Waals surface area contributed by atoms with E-state index in [2.05, 4.69) is 10.3 Å². The SMILES string of the molecule is Cc1cc(C)c(C)c(S(=O)(=O)NNC(=O)[C@@H]2CCS(=O)(=O)C2)c1C. The van der Waals surface area contributed by atoms with Crippen molar-refractivity contribution in [3.63, 3.8) is 0 Å². The van der Waals surface area contributed by atoms with E-state index in [4.69, 9.17) is 0 Å². The van der Waals surface area contributed by atoms with E-state index in [0.29, 0.717) is 11.1 Å². The van der Waals surface area contributed by atoms with Gasteiger partial charge in [-0.15, -0.1) is 4.83 Å². The smallest absolute Gasteiger partial charge is 0.257 e. The number of aryl methyl sites for hydroxylation is 2. The highest BCUT2D eigenvalue weighted by molar-refractivity contribution is 7.91. The second kappa shape index (κ2) is 6.45. The summed E-state index contributed by atoms with van der Waals surface area (Å²) in [6.45, 7) is 7.06. The van der Waals surface area contributed by atoms with Crippen LogP contribution in [0, 0.1) is 33.6 Å². The molecule has 1 aromatic carbocycles. The lowest BCUT2D eigenvalue weighted by atomic mass is 10.0. The molecular formula is C15H22N2O5S2. The molecule has 0 saturated carbocycles. The number of benzene rings is 1. The van der Waals surface area contributed by atoms with E-state index in [1.165, 1.54) is 0 Å². The predicted molar refractivity (Wildman–Crippen MR) is 90.6 cm³/mol. The molecule has 0 aromatic heterocycles. The van der Waals surface area contributed by atoms with Crippen molar-refractivity contribution < 1.29 is 21.6 Å². The molecule has 1 fully saturated rings. The molecule has 9 heteroatoms. The van der Waals surface area contributed by atoms with Crippen LogP contribution < -0.4 is 10.3 Å². The zero-order valence-corrected chi connectivity index (χ0v) is 15.8. The van der Waals surface area contributed by atoms with Crippen molar-refractivity contribution in [2.45, 2.75) is 39.0 Å². The van der Waals surface area contributed by atoms with Gasteiger partial charge in [0.05, 0.1) is 22.3 Å². The van der Waals surface area contributed by atoms with Gasteiger partial charge in [-0.25, -0.2) is 16.8 Å². The molecule has 1 aliphatic rings. The Morgan fingerprint density at radius 1 is 1.12 bits per heavy atom. The van der Waals surface area contributed by atoms with Crippen LogP contribution in [0.15, 0.2) is 11.0 Å². The normalized spacial score (nSPS) is 20.1. The maximum Gasteiger partial charge on any atom is 0.257 e. The van der Waals surface area contributed by atoms with Gasteiger partial charge in [0.15, 0.2) is 9.84 Å². The Morgan fingerprint density at radius 3 is 2.12 bits per heavy atom. The van der Waals surface area contributed by atoms with Crippen molar-refractivity contribution in [2.24, 2.45) is 5.92 Å². The highest BCUT2D eigenvalue weighted by Crippen LogP contribution is 2.25. The topological polar surface area (TPSA) is 109 Å². The summed E-state index contributed by atoms with van der Waals surface area (Å²) in [7, 11) is -7.16. The van der Waals surface area contributed by atoms with E-state index >= 15 is 0 Å². The Balaban J connectivity index is 2.20. The number of amides is 1. The van der Waals surface area contributed by atoms with Crippen molar-refractivity contribution in [3.05, 3.63) is 28.3 Å². The summed E-state index contributed by atoms with van der Waals surface area (Å²) >= 11 is 0. The molecule has 2 rings (SSSR count). The van der Waals surface area contributed by atoms with Gasteiger partial charge in [-0.3, -0.25) is 10.2 Å². The highest BCUT2D eigenvalue weighted by Gasteiger charge is 2.33. The molecule has 0 aliphatic carbocycles. The average molecular weight is 374 g/mol. The van der Waals surface area contributed by atoms with Crippen LogP contribution in [0.25, 0.3) is 0 Å². The van der Waals surface area contributed by atoms with Crippen LogP contribution in [0.1, 0.15) is 28.7 Å². The first-order chi connectivity index (χ1) is 10.9. The molecule has 1 aliphatic heterocycles. The molecule has 1 aromatic rings. The Labute approximate surface area is 142 Å². The molecule has 7 nitrogen and oxygen atoms in total. The summed E-state index contributed by atoms with van der Waals surface area (Å²) in [5, 5.41) is 0. The fourth-order valence-electron chi connectivity index (χ4n) is 2.86. The Hall–Kier alpha value is -1.45. The lowest BCUT2D eigenvalue weighted by molar-refractivity contribution is -0.124. The number of hydrogen-bond acceptors (Lipinski definition) is 5. The fraction of sp³-hybridized carbons (Fsp3) is 0.533. The summed E-state index contributed by atoms with van der Waals surface area (Å²) in [6, 6.07) is 1.91. The predicted octanol–water partition coefficient (Wildman–Crippen LogP) is 0.664. The van der Waals surface area contributed by atoms with E-state index in [1.54, 1.807) is 13.8 Å². The van der Waals surface area contributed by atoms with Crippen LogP contribution in [-0.2, 0) is 24.7 Å². The van der Waals surface area contributed by atoms with Gasteiger partial charge in [-0.2, -0.15) is 0 Å². The van der Waals surface area contributed by atoms with Crippen LogP contribution in [-0.4, -0.2) is 34.2 Å². The van der Waals surface area contributed by atoms with Gasteiger partial charge in [0.1, 0.15) is 0 Å². The van der Waals surface area contributed by atoms with Gasteiger partial charge in [0.2, 0.25) is 5.91 Å². The maximum absolute atomic E-state index is 12.6. The number of carbonyl (C=O) groups is 1. The van der Waals surface area contributed by atoms with Crippen LogP contribution in [0.2, 0.25) is 0 Å². The molecule has 0 bridgehead atoms. The Bertz CT molecular complexity index is 863. The summed E-state index contributed by atoms with van der Waals surface area (Å²) in [6.07, 6.45) is 0.206. The molecule has 134 valence electrons. The van der Waals surface area contributed by atoms with E-state index in [1.807, 2.05) is 19.9 Å². The number of carbonyl (C=O) groups excluding carboxylic acids is 1. The van der Waals surface area contributed by atoms with Crippen LogP contribution in [0.3, 0.4) is 0 Å². The fourth-order valence-corrected chi connectivity index (χ4v) is 6.06. The van der Waals surface area contributed by atoms with Crippen molar-refractivity contribution >= 4 is 25.8 Å². The second-order valence-electron chi connectivity index (χ2n) is 6.28. The molecule has 1 heterocycles. The van der Waals surface area contributed by atoms with Gasteiger partial charge in [0.25, 0.3) is 10.0 Å². The Kier molecular flexibility index (Phi) is 5.08. The van der Waals surface area contributed by atoms with Crippen molar-refractivity contribution in [1.82, 2.24) is 10.3 Å². The van der Waals surface area contributed by atoms with Crippen molar-refractivity contribution in [3.8, 4) is 0 Å². The first kappa shape index (κ1) is 18.9. The molecule has 2 N–H and O–H groups in total. The first-order valence-corrected chi connectivity index (χ1v) is 10.8. The number of sulfonamides is 1. The van der Waals surface area contributed by atoms with Gasteiger partial charge >= 0.3 is 0 Å². The minimum absolute atomic E-state index is 0.0485. The average Bonchev–Trinajstić information content (AvgIpc) is 2.83. The standard InChI is InChI=1S/C15H22N2O5S2/c1-9-7-10(2)12(4)14(11(9)3)24(21,22)17-16-15(18)13-5-6-23(19,20)8-13/h7,13,17H,5-6,8H2,1-4H3,(H,16,18)/t13-/m1/s1. The molecule has 0 unspecified atom stereocenters. The number of rotatable bonds is 4. The summed E-state index contributed by atoms with van der Waals surface area (Å²) < 4.78 is 48.0. The molecular weight excluding hydrogens is 352 g/mol. The molecule has 0 spiro atoms. The van der Waals surface area contributed by atoms with Gasteiger partial charge in [-0.05, 0) is 56.4 Å². The minimum atomic E-state index is -3.95. The van der Waals surface area contributed by atoms with Crippen LogP contribution in [0.4, 0.5) is 0 Å². The zero-order valence-electron chi connectivity index (χ0n) is 14.1.